The van der Waals surface area contributed by atoms with Crippen molar-refractivity contribution >= 4 is 33.1 Å². The van der Waals surface area contributed by atoms with Crippen LogP contribution in [-0.2, 0) is 4.79 Å². The van der Waals surface area contributed by atoms with Crippen molar-refractivity contribution in [3.05, 3.63) is 53.5 Å². The van der Waals surface area contributed by atoms with Gasteiger partial charge in [-0.05, 0) is 55.8 Å². The van der Waals surface area contributed by atoms with E-state index in [1.165, 1.54) is 4.70 Å². The molecule has 1 aliphatic rings. The number of anilines is 1. The maximum atomic E-state index is 12.5. The maximum Gasteiger partial charge on any atom is 0.238 e. The number of para-hydroxylation sites is 1. The molecule has 3 aromatic rings. The fourth-order valence-electron chi connectivity index (χ4n) is 3.39. The number of nitrogens with one attached hydrogen (secondary N) is 1. The van der Waals surface area contributed by atoms with Gasteiger partial charge in [0.05, 0.1) is 29.9 Å². The molecule has 0 saturated carbocycles. The summed E-state index contributed by atoms with van der Waals surface area (Å²) in [6, 6.07) is 15.8. The molecule has 1 amide bonds. The number of carbonyl (C=O) groups is 1. The van der Waals surface area contributed by atoms with Crippen molar-refractivity contribution in [1.29, 1.82) is 0 Å². The number of nitrogens with zero attached hydrogens (tertiary/aromatic N) is 2. The highest BCUT2D eigenvalue weighted by atomic mass is 32.1. The van der Waals surface area contributed by atoms with Crippen molar-refractivity contribution in [3.8, 4) is 5.75 Å². The van der Waals surface area contributed by atoms with Crippen LogP contribution >= 0.6 is 11.3 Å². The Hall–Kier alpha value is -2.44. The smallest absolute Gasteiger partial charge is 0.238 e. The van der Waals surface area contributed by atoms with E-state index in [9.17, 15) is 4.79 Å². The molecule has 1 atom stereocenters. The Labute approximate surface area is 156 Å². The van der Waals surface area contributed by atoms with Crippen molar-refractivity contribution in [3.63, 3.8) is 0 Å². The normalized spacial score (nSPS) is 17.5. The molecule has 26 heavy (non-hydrogen) atoms. The molecule has 2 aromatic carbocycles. The lowest BCUT2D eigenvalue weighted by Crippen LogP contribution is -2.32. The van der Waals surface area contributed by atoms with E-state index in [1.54, 1.807) is 18.4 Å². The third-order valence-electron chi connectivity index (χ3n) is 4.68. The Bertz CT molecular complexity index is 874. The van der Waals surface area contributed by atoms with Gasteiger partial charge in [-0.2, -0.15) is 0 Å². The predicted molar refractivity (Wildman–Crippen MR) is 105 cm³/mol. The number of hydrogen-bond acceptors (Lipinski definition) is 5. The molecule has 0 bridgehead atoms. The van der Waals surface area contributed by atoms with Crippen LogP contribution in [0.1, 0.15) is 23.9 Å². The van der Waals surface area contributed by atoms with Crippen LogP contribution in [0.15, 0.2) is 48.5 Å². The molecule has 0 radical (unpaired) electrons. The van der Waals surface area contributed by atoms with Crippen LogP contribution < -0.4 is 10.1 Å². The molecule has 0 aliphatic carbocycles. The first-order valence-electron chi connectivity index (χ1n) is 8.76. The molecule has 2 heterocycles. The van der Waals surface area contributed by atoms with E-state index in [2.05, 4.69) is 16.3 Å². The average molecular weight is 367 g/mol. The number of methoxy groups -OCH3 is 1. The van der Waals surface area contributed by atoms with Gasteiger partial charge in [-0.3, -0.25) is 9.69 Å². The highest BCUT2D eigenvalue weighted by Crippen LogP contribution is 2.36. The first kappa shape index (κ1) is 17.0. The van der Waals surface area contributed by atoms with Crippen LogP contribution in [0.25, 0.3) is 10.2 Å². The number of amides is 1. The molecule has 1 saturated heterocycles. The Morgan fingerprint density at radius 3 is 2.85 bits per heavy atom. The number of rotatable bonds is 5. The molecule has 134 valence electrons. The van der Waals surface area contributed by atoms with Gasteiger partial charge in [-0.1, -0.05) is 12.1 Å². The van der Waals surface area contributed by atoms with E-state index in [-0.39, 0.29) is 11.9 Å². The van der Waals surface area contributed by atoms with E-state index in [4.69, 9.17) is 9.72 Å². The van der Waals surface area contributed by atoms with Gasteiger partial charge in [0.15, 0.2) is 0 Å². The largest absolute Gasteiger partial charge is 0.497 e. The molecule has 1 N–H and O–H groups in total. The quantitative estimate of drug-likeness (QED) is 0.738. The van der Waals surface area contributed by atoms with Crippen LogP contribution in [0.2, 0.25) is 0 Å². The van der Waals surface area contributed by atoms with Gasteiger partial charge in [0.25, 0.3) is 0 Å². The zero-order valence-electron chi connectivity index (χ0n) is 14.6. The number of hydrogen-bond donors (Lipinski definition) is 1. The Morgan fingerprint density at radius 1 is 1.27 bits per heavy atom. The second-order valence-electron chi connectivity index (χ2n) is 6.43. The lowest BCUT2D eigenvalue weighted by molar-refractivity contribution is -0.117. The third-order valence-corrected chi connectivity index (χ3v) is 5.82. The van der Waals surface area contributed by atoms with Gasteiger partial charge in [0, 0.05) is 5.69 Å². The molecule has 1 aromatic heterocycles. The van der Waals surface area contributed by atoms with Crippen molar-refractivity contribution in [1.82, 2.24) is 9.88 Å². The first-order valence-corrected chi connectivity index (χ1v) is 9.58. The molecular formula is C20H21N3O2S. The molecule has 1 aliphatic heterocycles. The van der Waals surface area contributed by atoms with E-state index < -0.39 is 0 Å². The lowest BCUT2D eigenvalue weighted by atomic mass is 10.2. The summed E-state index contributed by atoms with van der Waals surface area (Å²) in [6.45, 7) is 1.31. The van der Waals surface area contributed by atoms with E-state index in [0.29, 0.717) is 6.54 Å². The predicted octanol–water partition coefficient (Wildman–Crippen LogP) is 4.08. The Balaban J connectivity index is 1.43. The van der Waals surface area contributed by atoms with E-state index in [1.807, 2.05) is 42.5 Å². The number of carbonyl (C=O) groups excluding carboxylic acids is 1. The van der Waals surface area contributed by atoms with Crippen LogP contribution in [-0.4, -0.2) is 36.0 Å². The summed E-state index contributed by atoms with van der Waals surface area (Å²) < 4.78 is 6.35. The number of thiazole rings is 1. The first-order chi connectivity index (χ1) is 12.7. The topological polar surface area (TPSA) is 54.5 Å². The van der Waals surface area contributed by atoms with Gasteiger partial charge >= 0.3 is 0 Å². The van der Waals surface area contributed by atoms with Crippen LogP contribution in [0, 0.1) is 0 Å². The second kappa shape index (κ2) is 7.43. The number of fused-ring (bicyclic) bond motifs is 1. The zero-order valence-corrected chi connectivity index (χ0v) is 15.5. The number of aromatic nitrogens is 1. The van der Waals surface area contributed by atoms with Gasteiger partial charge in [0.1, 0.15) is 10.8 Å². The van der Waals surface area contributed by atoms with Crippen LogP contribution in [0.3, 0.4) is 0 Å². The van der Waals surface area contributed by atoms with Gasteiger partial charge < -0.3 is 10.1 Å². The highest BCUT2D eigenvalue weighted by Gasteiger charge is 2.30. The molecule has 0 spiro atoms. The molecule has 6 heteroatoms. The summed E-state index contributed by atoms with van der Waals surface area (Å²) in [7, 11) is 1.63. The molecular weight excluding hydrogens is 346 g/mol. The molecule has 5 nitrogen and oxygen atoms in total. The summed E-state index contributed by atoms with van der Waals surface area (Å²) >= 11 is 1.74. The molecule has 1 unspecified atom stereocenters. The molecule has 1 fully saturated rings. The summed E-state index contributed by atoms with van der Waals surface area (Å²) in [4.78, 5) is 19.5. The minimum absolute atomic E-state index is 0.00294. The fraction of sp³-hybridized carbons (Fsp3) is 0.300. The van der Waals surface area contributed by atoms with Crippen LogP contribution in [0.4, 0.5) is 5.69 Å². The van der Waals surface area contributed by atoms with Crippen molar-refractivity contribution in [2.24, 2.45) is 0 Å². The number of likely N-dealkylation sites (tertiary alicyclic amines) is 1. The number of ether oxygens (including phenoxy) is 1. The maximum absolute atomic E-state index is 12.5. The summed E-state index contributed by atoms with van der Waals surface area (Å²) in [5.74, 6) is 0.779. The van der Waals surface area contributed by atoms with Gasteiger partial charge in [-0.15, -0.1) is 11.3 Å². The standard InChI is InChI=1S/C20H21N3O2S/c1-25-15-10-8-14(9-11-15)21-19(24)13-23-12-4-6-17(23)20-22-16-5-2-3-7-18(16)26-20/h2-3,5,7-11,17H,4,6,12-13H2,1H3,(H,21,24). The monoisotopic (exact) mass is 367 g/mol. The highest BCUT2D eigenvalue weighted by molar-refractivity contribution is 7.18. The van der Waals surface area contributed by atoms with Gasteiger partial charge in [0.2, 0.25) is 5.91 Å². The minimum atomic E-state index is 0.00294. The third kappa shape index (κ3) is 3.57. The summed E-state index contributed by atoms with van der Waals surface area (Å²) in [5.41, 5.74) is 1.83. The fourth-order valence-corrected chi connectivity index (χ4v) is 4.52. The second-order valence-corrected chi connectivity index (χ2v) is 7.49. The lowest BCUT2D eigenvalue weighted by Gasteiger charge is -2.22. The van der Waals surface area contributed by atoms with Crippen LogP contribution in [0.5, 0.6) is 5.75 Å². The average Bonchev–Trinajstić information content (AvgIpc) is 3.28. The summed E-state index contributed by atoms with van der Waals surface area (Å²) in [5, 5.41) is 4.08. The van der Waals surface area contributed by atoms with E-state index in [0.717, 1.165) is 41.3 Å². The number of benzene rings is 2. The zero-order chi connectivity index (χ0) is 17.9. The molecule has 4 rings (SSSR count). The van der Waals surface area contributed by atoms with E-state index >= 15 is 0 Å². The summed E-state index contributed by atoms with van der Waals surface area (Å²) in [6.07, 6.45) is 2.14. The van der Waals surface area contributed by atoms with Crippen molar-refractivity contribution < 1.29 is 9.53 Å². The Kier molecular flexibility index (Phi) is 4.86. The van der Waals surface area contributed by atoms with Crippen molar-refractivity contribution in [2.45, 2.75) is 18.9 Å². The SMILES string of the molecule is COc1ccc(NC(=O)CN2CCCC2c2nc3ccccc3s2)cc1. The van der Waals surface area contributed by atoms with Crippen molar-refractivity contribution in [2.75, 3.05) is 25.5 Å². The minimum Gasteiger partial charge on any atom is -0.497 e. The Morgan fingerprint density at radius 2 is 2.08 bits per heavy atom. The van der Waals surface area contributed by atoms with Gasteiger partial charge in [-0.25, -0.2) is 4.98 Å².